The highest BCUT2D eigenvalue weighted by Gasteiger charge is 2.14. The van der Waals surface area contributed by atoms with Crippen LogP contribution in [0.1, 0.15) is 30.6 Å². The minimum Gasteiger partial charge on any atom is -0.391 e. The molecule has 2 atom stereocenters. The van der Waals surface area contributed by atoms with E-state index in [1.54, 1.807) is 12.3 Å². The maximum Gasteiger partial charge on any atom is 0.252 e. The molecule has 4 nitrogen and oxygen atoms in total. The van der Waals surface area contributed by atoms with E-state index in [4.69, 9.17) is 0 Å². The number of nitrogens with one attached hydrogen (secondary N) is 1. The van der Waals surface area contributed by atoms with Gasteiger partial charge in [-0.05, 0) is 27.9 Å². The second-order valence-corrected chi connectivity index (χ2v) is 4.97. The van der Waals surface area contributed by atoms with E-state index in [-0.39, 0.29) is 18.4 Å². The van der Waals surface area contributed by atoms with Gasteiger partial charge >= 0.3 is 0 Å². The number of carbonyl (C=O) groups is 1. The van der Waals surface area contributed by atoms with Crippen molar-refractivity contribution >= 4 is 21.8 Å². The lowest BCUT2D eigenvalue weighted by molar-refractivity contribution is 0.0850. The van der Waals surface area contributed by atoms with Crippen LogP contribution < -0.4 is 5.32 Å². The Labute approximate surface area is 110 Å². The quantitative estimate of drug-likeness (QED) is 0.874. The van der Waals surface area contributed by atoms with Crippen LogP contribution in [0.3, 0.4) is 0 Å². The highest BCUT2D eigenvalue weighted by molar-refractivity contribution is 9.10. The first-order valence-electron chi connectivity index (χ1n) is 5.61. The first-order valence-corrected chi connectivity index (χ1v) is 6.40. The number of rotatable bonds is 5. The summed E-state index contributed by atoms with van der Waals surface area (Å²) in [7, 11) is 0. The van der Waals surface area contributed by atoms with Crippen molar-refractivity contribution in [2.24, 2.45) is 5.92 Å². The fourth-order valence-electron chi connectivity index (χ4n) is 1.31. The molecule has 1 amide bonds. The normalized spacial score (nSPS) is 14.1. The van der Waals surface area contributed by atoms with Gasteiger partial charge in [0.1, 0.15) is 0 Å². The fraction of sp³-hybridized carbons (Fsp3) is 0.500. The van der Waals surface area contributed by atoms with Crippen LogP contribution in [-0.2, 0) is 0 Å². The Bertz CT molecular complexity index is 385. The molecule has 0 bridgehead atoms. The number of aliphatic hydroxyl groups is 1. The molecule has 0 aliphatic rings. The Morgan fingerprint density at radius 1 is 1.59 bits per heavy atom. The van der Waals surface area contributed by atoms with Crippen molar-refractivity contribution in [1.29, 1.82) is 0 Å². The van der Waals surface area contributed by atoms with Gasteiger partial charge in [0.05, 0.1) is 11.7 Å². The highest BCUT2D eigenvalue weighted by atomic mass is 79.9. The molecule has 0 aromatic carbocycles. The predicted octanol–water partition coefficient (Wildman–Crippen LogP) is 1.98. The Morgan fingerprint density at radius 3 is 2.88 bits per heavy atom. The van der Waals surface area contributed by atoms with E-state index in [2.05, 4.69) is 26.2 Å². The molecule has 0 saturated heterocycles. The zero-order valence-electron chi connectivity index (χ0n) is 9.98. The van der Waals surface area contributed by atoms with Crippen molar-refractivity contribution in [1.82, 2.24) is 10.3 Å². The molecule has 5 heteroatoms. The lowest BCUT2D eigenvalue weighted by Crippen LogP contribution is -2.35. The molecule has 0 aliphatic carbocycles. The van der Waals surface area contributed by atoms with E-state index in [1.807, 2.05) is 13.8 Å². The zero-order valence-corrected chi connectivity index (χ0v) is 11.6. The monoisotopic (exact) mass is 300 g/mol. The summed E-state index contributed by atoms with van der Waals surface area (Å²) in [5.41, 5.74) is 0.482. The first-order chi connectivity index (χ1) is 8.04. The number of pyridine rings is 1. The lowest BCUT2D eigenvalue weighted by atomic mass is 10.0. The van der Waals surface area contributed by atoms with Crippen LogP contribution in [0.5, 0.6) is 0 Å². The van der Waals surface area contributed by atoms with Gasteiger partial charge in [0, 0.05) is 23.4 Å². The van der Waals surface area contributed by atoms with Crippen molar-refractivity contribution in [3.63, 3.8) is 0 Å². The molecule has 2 unspecified atom stereocenters. The van der Waals surface area contributed by atoms with Crippen LogP contribution in [0.4, 0.5) is 0 Å². The SMILES string of the molecule is CCC(C)C(O)CNC(=O)c1cncc(Br)c1. The summed E-state index contributed by atoms with van der Waals surface area (Å²) in [5, 5.41) is 12.4. The smallest absolute Gasteiger partial charge is 0.252 e. The third-order valence-electron chi connectivity index (χ3n) is 2.74. The van der Waals surface area contributed by atoms with Gasteiger partial charge in [0.25, 0.3) is 5.91 Å². The summed E-state index contributed by atoms with van der Waals surface area (Å²) < 4.78 is 0.757. The third kappa shape index (κ3) is 4.44. The number of amides is 1. The number of halogens is 1. The predicted molar refractivity (Wildman–Crippen MR) is 69.7 cm³/mol. The summed E-state index contributed by atoms with van der Waals surface area (Å²) >= 11 is 3.25. The zero-order chi connectivity index (χ0) is 12.8. The number of nitrogens with zero attached hydrogens (tertiary/aromatic N) is 1. The maximum atomic E-state index is 11.7. The molecule has 1 aromatic rings. The molecule has 17 heavy (non-hydrogen) atoms. The number of hydrogen-bond acceptors (Lipinski definition) is 3. The number of hydrogen-bond donors (Lipinski definition) is 2. The summed E-state index contributed by atoms with van der Waals surface area (Å²) in [6.45, 7) is 4.23. The molecular formula is C12H17BrN2O2. The van der Waals surface area contributed by atoms with Crippen LogP contribution >= 0.6 is 15.9 Å². The molecule has 94 valence electrons. The summed E-state index contributed by atoms with van der Waals surface area (Å²) in [6.07, 6.45) is 3.49. The van der Waals surface area contributed by atoms with Gasteiger partial charge in [0.15, 0.2) is 0 Å². The van der Waals surface area contributed by atoms with Crippen LogP contribution in [0.25, 0.3) is 0 Å². The second-order valence-electron chi connectivity index (χ2n) is 4.05. The summed E-state index contributed by atoms with van der Waals surface area (Å²) in [6, 6.07) is 1.69. The van der Waals surface area contributed by atoms with Gasteiger partial charge in [-0.1, -0.05) is 20.3 Å². The van der Waals surface area contributed by atoms with Crippen LogP contribution in [-0.4, -0.2) is 28.6 Å². The van der Waals surface area contributed by atoms with E-state index < -0.39 is 6.10 Å². The summed E-state index contributed by atoms with van der Waals surface area (Å²) in [5.74, 6) is -0.0444. The molecular weight excluding hydrogens is 284 g/mol. The van der Waals surface area contributed by atoms with E-state index >= 15 is 0 Å². The van der Waals surface area contributed by atoms with Crippen molar-refractivity contribution in [2.45, 2.75) is 26.4 Å². The first kappa shape index (κ1) is 14.1. The van der Waals surface area contributed by atoms with Gasteiger partial charge < -0.3 is 10.4 Å². The van der Waals surface area contributed by atoms with Gasteiger partial charge in [-0.15, -0.1) is 0 Å². The lowest BCUT2D eigenvalue weighted by Gasteiger charge is -2.17. The van der Waals surface area contributed by atoms with Crippen molar-refractivity contribution in [3.8, 4) is 0 Å². The minimum absolute atomic E-state index is 0.177. The van der Waals surface area contributed by atoms with Crippen molar-refractivity contribution in [3.05, 3.63) is 28.5 Å². The van der Waals surface area contributed by atoms with Gasteiger partial charge in [-0.2, -0.15) is 0 Å². The fourth-order valence-corrected chi connectivity index (χ4v) is 1.67. The van der Waals surface area contributed by atoms with E-state index in [0.29, 0.717) is 5.56 Å². The largest absolute Gasteiger partial charge is 0.391 e. The average Bonchev–Trinajstić information content (AvgIpc) is 2.34. The van der Waals surface area contributed by atoms with Gasteiger partial charge in [-0.25, -0.2) is 0 Å². The molecule has 0 radical (unpaired) electrons. The Morgan fingerprint density at radius 2 is 2.29 bits per heavy atom. The van der Waals surface area contributed by atoms with Crippen molar-refractivity contribution < 1.29 is 9.90 Å². The number of carbonyl (C=O) groups excluding carboxylic acids is 1. The Kier molecular flexibility index (Phi) is 5.58. The maximum absolute atomic E-state index is 11.7. The molecule has 1 heterocycles. The molecule has 2 N–H and O–H groups in total. The number of aliphatic hydroxyl groups excluding tert-OH is 1. The third-order valence-corrected chi connectivity index (χ3v) is 3.17. The Balaban J connectivity index is 2.50. The standard InChI is InChI=1S/C12H17BrN2O2/c1-3-8(2)11(16)7-15-12(17)9-4-10(13)6-14-5-9/h4-6,8,11,16H,3,7H2,1-2H3,(H,15,17). The molecule has 0 fully saturated rings. The van der Waals surface area contributed by atoms with E-state index in [1.165, 1.54) is 6.20 Å². The molecule has 1 aromatic heterocycles. The van der Waals surface area contributed by atoms with Crippen molar-refractivity contribution in [2.75, 3.05) is 6.54 Å². The van der Waals surface area contributed by atoms with Crippen LogP contribution in [0, 0.1) is 5.92 Å². The second kappa shape index (κ2) is 6.71. The van der Waals surface area contributed by atoms with E-state index in [9.17, 15) is 9.90 Å². The topological polar surface area (TPSA) is 62.2 Å². The number of aromatic nitrogens is 1. The average molecular weight is 301 g/mol. The molecule has 0 saturated carbocycles. The summed E-state index contributed by atoms with van der Waals surface area (Å²) in [4.78, 5) is 15.6. The van der Waals surface area contributed by atoms with Crippen LogP contribution in [0.15, 0.2) is 22.9 Å². The molecule has 0 aliphatic heterocycles. The molecule has 1 rings (SSSR count). The van der Waals surface area contributed by atoms with Gasteiger partial charge in [-0.3, -0.25) is 9.78 Å². The Hall–Kier alpha value is -0.940. The van der Waals surface area contributed by atoms with E-state index in [0.717, 1.165) is 10.9 Å². The molecule has 0 spiro atoms. The van der Waals surface area contributed by atoms with Crippen LogP contribution in [0.2, 0.25) is 0 Å². The highest BCUT2D eigenvalue weighted by Crippen LogP contribution is 2.10. The minimum atomic E-state index is -0.510. The van der Waals surface area contributed by atoms with Gasteiger partial charge in [0.2, 0.25) is 0 Å².